The Morgan fingerprint density at radius 1 is 1.32 bits per heavy atom. The number of hydrogen-bond donors (Lipinski definition) is 1. The van der Waals surface area contributed by atoms with Gasteiger partial charge in [0.15, 0.2) is 0 Å². The van der Waals surface area contributed by atoms with Crippen LogP contribution in [0.1, 0.15) is 23.7 Å². The second-order valence-corrected chi connectivity index (χ2v) is 4.80. The van der Waals surface area contributed by atoms with Crippen LogP contribution < -0.4 is 0 Å². The van der Waals surface area contributed by atoms with E-state index in [2.05, 4.69) is 11.8 Å². The lowest BCUT2D eigenvalue weighted by Gasteiger charge is -2.34. The predicted octanol–water partition coefficient (Wildman–Crippen LogP) is 1.70. The van der Waals surface area contributed by atoms with Crippen LogP contribution in [0.15, 0.2) is 18.2 Å². The molecule has 19 heavy (non-hydrogen) atoms. The van der Waals surface area contributed by atoms with E-state index in [0.29, 0.717) is 13.1 Å². The molecule has 104 valence electrons. The number of halogens is 1. The topological polar surface area (TPSA) is 43.8 Å². The maximum Gasteiger partial charge on any atom is 0.257 e. The monoisotopic (exact) mass is 266 g/mol. The van der Waals surface area contributed by atoms with Crippen molar-refractivity contribution in [3.8, 4) is 5.75 Å². The van der Waals surface area contributed by atoms with Gasteiger partial charge in [0.1, 0.15) is 11.6 Å². The fraction of sp³-hybridized carbons (Fsp3) is 0.500. The number of nitrogens with zero attached hydrogens (tertiary/aromatic N) is 2. The standard InChI is InChI=1S/C14H19FN2O2/c1-2-5-16-6-8-17(9-7-16)14(19)12-10-11(15)3-4-13(12)18/h3-4,10,18H,2,5-9H2,1H3. The highest BCUT2D eigenvalue weighted by molar-refractivity contribution is 5.96. The Bertz CT molecular complexity index is 457. The maximum absolute atomic E-state index is 13.1. The van der Waals surface area contributed by atoms with Gasteiger partial charge in [0, 0.05) is 26.2 Å². The molecule has 4 nitrogen and oxygen atoms in total. The van der Waals surface area contributed by atoms with E-state index in [1.807, 2.05) is 0 Å². The lowest BCUT2D eigenvalue weighted by Crippen LogP contribution is -2.48. The van der Waals surface area contributed by atoms with E-state index in [-0.39, 0.29) is 17.2 Å². The molecule has 0 aromatic heterocycles. The van der Waals surface area contributed by atoms with Crippen LogP contribution >= 0.6 is 0 Å². The van der Waals surface area contributed by atoms with Crippen LogP contribution in [-0.4, -0.2) is 53.5 Å². The van der Waals surface area contributed by atoms with Crippen LogP contribution in [0.25, 0.3) is 0 Å². The maximum atomic E-state index is 13.1. The third kappa shape index (κ3) is 3.23. The Morgan fingerprint density at radius 2 is 2.00 bits per heavy atom. The summed E-state index contributed by atoms with van der Waals surface area (Å²) in [5.74, 6) is -0.971. The second-order valence-electron chi connectivity index (χ2n) is 4.80. The molecular formula is C14H19FN2O2. The summed E-state index contributed by atoms with van der Waals surface area (Å²) in [6.45, 7) is 6.06. The molecule has 1 fully saturated rings. The van der Waals surface area contributed by atoms with Gasteiger partial charge >= 0.3 is 0 Å². The Morgan fingerprint density at radius 3 is 2.63 bits per heavy atom. The van der Waals surface area contributed by atoms with Crippen molar-refractivity contribution in [1.82, 2.24) is 9.80 Å². The molecule has 1 amide bonds. The van der Waals surface area contributed by atoms with Gasteiger partial charge < -0.3 is 10.0 Å². The molecule has 1 saturated heterocycles. The van der Waals surface area contributed by atoms with Crippen molar-refractivity contribution < 1.29 is 14.3 Å². The molecule has 0 aliphatic carbocycles. The van der Waals surface area contributed by atoms with Gasteiger partial charge in [-0.05, 0) is 31.2 Å². The minimum absolute atomic E-state index is 0.0453. The molecule has 1 aromatic rings. The van der Waals surface area contributed by atoms with Crippen molar-refractivity contribution in [2.45, 2.75) is 13.3 Å². The molecule has 1 heterocycles. The van der Waals surface area contributed by atoms with Gasteiger partial charge in [-0.25, -0.2) is 4.39 Å². The van der Waals surface area contributed by atoms with Crippen LogP contribution in [-0.2, 0) is 0 Å². The quantitative estimate of drug-likeness (QED) is 0.905. The summed E-state index contributed by atoms with van der Waals surface area (Å²) in [6.07, 6.45) is 1.10. The SMILES string of the molecule is CCCN1CCN(C(=O)c2cc(F)ccc2O)CC1. The minimum atomic E-state index is -0.509. The summed E-state index contributed by atoms with van der Waals surface area (Å²) in [6, 6.07) is 3.46. The number of amides is 1. The van der Waals surface area contributed by atoms with Crippen LogP contribution in [0.5, 0.6) is 5.75 Å². The van der Waals surface area contributed by atoms with Crippen molar-refractivity contribution in [2.24, 2.45) is 0 Å². The first kappa shape index (κ1) is 13.8. The number of hydrogen-bond acceptors (Lipinski definition) is 3. The van der Waals surface area contributed by atoms with Crippen molar-refractivity contribution in [2.75, 3.05) is 32.7 Å². The summed E-state index contributed by atoms with van der Waals surface area (Å²) in [4.78, 5) is 16.2. The normalized spacial score (nSPS) is 16.6. The van der Waals surface area contributed by atoms with Gasteiger partial charge in [-0.3, -0.25) is 9.69 Å². The predicted molar refractivity (Wildman–Crippen MR) is 70.7 cm³/mol. The molecule has 0 unspecified atom stereocenters. The molecule has 0 atom stereocenters. The molecule has 1 aromatic carbocycles. The summed E-state index contributed by atoms with van der Waals surface area (Å²) >= 11 is 0. The van der Waals surface area contributed by atoms with E-state index >= 15 is 0 Å². The largest absolute Gasteiger partial charge is 0.507 e. The average molecular weight is 266 g/mol. The smallest absolute Gasteiger partial charge is 0.257 e. The summed E-state index contributed by atoms with van der Waals surface area (Å²) in [5, 5.41) is 9.65. The van der Waals surface area contributed by atoms with E-state index in [4.69, 9.17) is 0 Å². The first-order valence-corrected chi connectivity index (χ1v) is 6.62. The first-order valence-electron chi connectivity index (χ1n) is 6.62. The fourth-order valence-electron chi connectivity index (χ4n) is 2.34. The third-order valence-electron chi connectivity index (χ3n) is 3.39. The van der Waals surface area contributed by atoms with Gasteiger partial charge in [0.2, 0.25) is 0 Å². The molecule has 2 rings (SSSR count). The average Bonchev–Trinajstić information content (AvgIpc) is 2.42. The number of carbonyl (C=O) groups is 1. The van der Waals surface area contributed by atoms with Gasteiger partial charge in [0.05, 0.1) is 5.56 Å². The van der Waals surface area contributed by atoms with Crippen molar-refractivity contribution in [1.29, 1.82) is 0 Å². The number of aromatic hydroxyl groups is 1. The van der Waals surface area contributed by atoms with Gasteiger partial charge in [0.25, 0.3) is 5.91 Å². The van der Waals surface area contributed by atoms with Gasteiger partial charge in [-0.1, -0.05) is 6.92 Å². The summed E-state index contributed by atoms with van der Waals surface area (Å²) in [5.41, 5.74) is 0.0453. The molecule has 1 aliphatic heterocycles. The zero-order valence-electron chi connectivity index (χ0n) is 11.1. The van der Waals surface area contributed by atoms with Crippen LogP contribution in [0.2, 0.25) is 0 Å². The highest BCUT2D eigenvalue weighted by Gasteiger charge is 2.23. The highest BCUT2D eigenvalue weighted by atomic mass is 19.1. The molecule has 0 bridgehead atoms. The van der Waals surface area contributed by atoms with Crippen molar-refractivity contribution in [3.63, 3.8) is 0 Å². The van der Waals surface area contributed by atoms with E-state index in [1.54, 1.807) is 4.90 Å². The minimum Gasteiger partial charge on any atom is -0.507 e. The molecule has 0 saturated carbocycles. The van der Waals surface area contributed by atoms with Crippen LogP contribution in [0.4, 0.5) is 4.39 Å². The summed E-state index contributed by atoms with van der Waals surface area (Å²) < 4.78 is 13.1. The number of benzene rings is 1. The summed E-state index contributed by atoms with van der Waals surface area (Å²) in [7, 11) is 0. The number of carbonyl (C=O) groups excluding carboxylic acids is 1. The van der Waals surface area contributed by atoms with E-state index in [1.165, 1.54) is 6.07 Å². The Labute approximate surface area is 112 Å². The molecule has 0 spiro atoms. The van der Waals surface area contributed by atoms with E-state index < -0.39 is 5.82 Å². The van der Waals surface area contributed by atoms with Crippen molar-refractivity contribution in [3.05, 3.63) is 29.6 Å². The fourth-order valence-corrected chi connectivity index (χ4v) is 2.34. The van der Waals surface area contributed by atoms with E-state index in [0.717, 1.165) is 38.2 Å². The Kier molecular flexibility index (Phi) is 4.37. The van der Waals surface area contributed by atoms with Gasteiger partial charge in [-0.15, -0.1) is 0 Å². The van der Waals surface area contributed by atoms with Crippen LogP contribution in [0, 0.1) is 5.82 Å². The number of rotatable bonds is 3. The highest BCUT2D eigenvalue weighted by Crippen LogP contribution is 2.20. The molecule has 5 heteroatoms. The molecule has 1 N–H and O–H groups in total. The third-order valence-corrected chi connectivity index (χ3v) is 3.39. The zero-order chi connectivity index (χ0) is 13.8. The Balaban J connectivity index is 2.03. The molecular weight excluding hydrogens is 247 g/mol. The lowest BCUT2D eigenvalue weighted by molar-refractivity contribution is 0.0634. The molecule has 1 aliphatic rings. The van der Waals surface area contributed by atoms with Crippen LogP contribution in [0.3, 0.4) is 0 Å². The zero-order valence-corrected chi connectivity index (χ0v) is 11.1. The first-order chi connectivity index (χ1) is 9.11. The number of piperazine rings is 1. The number of phenols is 1. The molecule has 0 radical (unpaired) electrons. The second kappa shape index (κ2) is 6.02. The number of phenolic OH excluding ortho intramolecular Hbond substituents is 1. The Hall–Kier alpha value is -1.62. The van der Waals surface area contributed by atoms with E-state index in [9.17, 15) is 14.3 Å². The van der Waals surface area contributed by atoms with Gasteiger partial charge in [-0.2, -0.15) is 0 Å². The lowest BCUT2D eigenvalue weighted by atomic mass is 10.1. The van der Waals surface area contributed by atoms with Crippen molar-refractivity contribution >= 4 is 5.91 Å².